The van der Waals surface area contributed by atoms with Gasteiger partial charge >= 0.3 is 0 Å². The molecule has 8 rings (SSSR count). The van der Waals surface area contributed by atoms with Gasteiger partial charge in [0.15, 0.2) is 0 Å². The van der Waals surface area contributed by atoms with Crippen LogP contribution in [-0.2, 0) is 5.54 Å². The van der Waals surface area contributed by atoms with Crippen molar-refractivity contribution in [1.82, 2.24) is 19.7 Å². The number of fused-ring (bicyclic) bond motifs is 1. The lowest BCUT2D eigenvalue weighted by atomic mass is 9.70. The minimum atomic E-state index is -0.625. The number of allylic oxidation sites excluding steroid dienone is 4. The molecule has 3 heterocycles. The van der Waals surface area contributed by atoms with Gasteiger partial charge in [0.2, 0.25) is 0 Å². The lowest BCUT2D eigenvalue weighted by Gasteiger charge is -2.41. The first kappa shape index (κ1) is 31.1. The standard InChI is InChI=1S/C42H34N4OS2/c1-47-34-21-18-29(19-22-34)40-36(30-20-23-37-35(26-30)41(44-28-43-37)38-24-25-39(48-2)49-38)27-46(45-40)42(31-12-6-3-7-13-31,32-14-8-4-9-15-32)33-16-10-5-11-17-33/h3-16,18-28,33H,17H2,1-2H3. The molecule has 4 aromatic carbocycles. The molecule has 240 valence electrons. The predicted molar refractivity (Wildman–Crippen MR) is 203 cm³/mol. The topological polar surface area (TPSA) is 52.8 Å². The fraction of sp³-hybridized carbons (Fsp3) is 0.119. The van der Waals surface area contributed by atoms with Gasteiger partial charge in [-0.1, -0.05) is 91.0 Å². The average molecular weight is 675 g/mol. The summed E-state index contributed by atoms with van der Waals surface area (Å²) in [6.07, 6.45) is 15.8. The Labute approximate surface area is 294 Å². The SMILES string of the molecule is COc1ccc(-c2nn(C(c3ccccc3)(c3ccccc3)C3C=CC=CC3)cc2-c2ccc3ncnc(-c4ccc(SC)s4)c3c2)cc1. The van der Waals surface area contributed by atoms with E-state index in [4.69, 9.17) is 14.8 Å². The van der Waals surface area contributed by atoms with E-state index in [0.717, 1.165) is 56.0 Å². The highest BCUT2D eigenvalue weighted by Crippen LogP contribution is 2.46. The van der Waals surface area contributed by atoms with Gasteiger partial charge in [-0.05, 0) is 77.9 Å². The van der Waals surface area contributed by atoms with E-state index >= 15 is 0 Å². The van der Waals surface area contributed by atoms with E-state index in [1.165, 1.54) is 15.3 Å². The van der Waals surface area contributed by atoms with E-state index < -0.39 is 5.54 Å². The molecule has 1 aliphatic carbocycles. The zero-order valence-electron chi connectivity index (χ0n) is 27.2. The second-order valence-electron chi connectivity index (χ2n) is 12.0. The summed E-state index contributed by atoms with van der Waals surface area (Å²) in [5.74, 6) is 0.916. The van der Waals surface area contributed by atoms with Crippen LogP contribution in [0.15, 0.2) is 156 Å². The summed E-state index contributed by atoms with van der Waals surface area (Å²) in [5.41, 5.74) is 7.58. The number of rotatable bonds is 9. The van der Waals surface area contributed by atoms with E-state index in [2.05, 4.69) is 150 Å². The summed E-state index contributed by atoms with van der Waals surface area (Å²) < 4.78 is 9.01. The molecule has 0 N–H and O–H groups in total. The molecule has 1 unspecified atom stereocenters. The minimum absolute atomic E-state index is 0.111. The molecule has 0 radical (unpaired) electrons. The highest BCUT2D eigenvalue weighted by molar-refractivity contribution is 8.00. The van der Waals surface area contributed by atoms with Gasteiger partial charge < -0.3 is 4.74 Å². The van der Waals surface area contributed by atoms with E-state index in [1.807, 2.05) is 12.1 Å². The highest BCUT2D eigenvalue weighted by Gasteiger charge is 2.44. The van der Waals surface area contributed by atoms with Crippen LogP contribution in [-0.4, -0.2) is 33.1 Å². The smallest absolute Gasteiger partial charge is 0.119 e. The Hall–Kier alpha value is -5.24. The third-order valence-corrected chi connectivity index (χ3v) is 11.5. The molecule has 0 spiro atoms. The third kappa shape index (κ3) is 5.59. The molecule has 0 fully saturated rings. The first-order chi connectivity index (χ1) is 24.2. The van der Waals surface area contributed by atoms with E-state index in [-0.39, 0.29) is 5.92 Å². The Morgan fingerprint density at radius 3 is 2.18 bits per heavy atom. The van der Waals surface area contributed by atoms with Crippen molar-refractivity contribution in [3.05, 3.63) is 163 Å². The van der Waals surface area contributed by atoms with Gasteiger partial charge in [-0.3, -0.25) is 4.68 Å². The molecule has 0 aliphatic heterocycles. The summed E-state index contributed by atoms with van der Waals surface area (Å²) >= 11 is 3.51. The summed E-state index contributed by atoms with van der Waals surface area (Å²) in [7, 11) is 1.69. The number of methoxy groups -OCH3 is 1. The van der Waals surface area contributed by atoms with E-state index in [0.29, 0.717) is 0 Å². The van der Waals surface area contributed by atoms with Crippen LogP contribution in [0.4, 0.5) is 0 Å². The molecule has 0 saturated carbocycles. The van der Waals surface area contributed by atoms with Crippen LogP contribution in [0.2, 0.25) is 0 Å². The summed E-state index contributed by atoms with van der Waals surface area (Å²) in [4.78, 5) is 10.6. The molecule has 0 amide bonds. The van der Waals surface area contributed by atoms with Gasteiger partial charge in [0.25, 0.3) is 0 Å². The number of thiophene rings is 1. The lowest BCUT2D eigenvalue weighted by molar-refractivity contribution is 0.293. The largest absolute Gasteiger partial charge is 0.497 e. The molecule has 49 heavy (non-hydrogen) atoms. The van der Waals surface area contributed by atoms with Crippen molar-refractivity contribution < 1.29 is 4.74 Å². The van der Waals surface area contributed by atoms with Gasteiger partial charge in [0.1, 0.15) is 23.3 Å². The van der Waals surface area contributed by atoms with Gasteiger partial charge in [-0.25, -0.2) is 9.97 Å². The molecule has 0 saturated heterocycles. The Kier molecular flexibility index (Phi) is 8.46. The first-order valence-electron chi connectivity index (χ1n) is 16.3. The zero-order chi connectivity index (χ0) is 33.2. The van der Waals surface area contributed by atoms with E-state index in [1.54, 1.807) is 36.5 Å². The molecule has 3 aromatic heterocycles. The Morgan fingerprint density at radius 2 is 1.53 bits per heavy atom. The van der Waals surface area contributed by atoms with Crippen molar-refractivity contribution in [3.8, 4) is 38.7 Å². The molecular weight excluding hydrogens is 641 g/mol. The summed E-state index contributed by atoms with van der Waals surface area (Å²) in [6, 6.07) is 40.6. The Bertz CT molecular complexity index is 2250. The van der Waals surface area contributed by atoms with Crippen LogP contribution in [0.3, 0.4) is 0 Å². The molecule has 1 aliphatic rings. The van der Waals surface area contributed by atoms with Crippen LogP contribution in [0.25, 0.3) is 43.9 Å². The van der Waals surface area contributed by atoms with Crippen LogP contribution >= 0.6 is 23.1 Å². The summed E-state index contributed by atoms with van der Waals surface area (Å²) in [5, 5.41) is 6.59. The maximum Gasteiger partial charge on any atom is 0.119 e. The number of hydrogen-bond acceptors (Lipinski definition) is 6. The molecule has 0 bridgehead atoms. The number of aromatic nitrogens is 4. The van der Waals surface area contributed by atoms with Crippen molar-refractivity contribution in [1.29, 1.82) is 0 Å². The number of benzene rings is 4. The first-order valence-corrected chi connectivity index (χ1v) is 18.3. The van der Waals surface area contributed by atoms with Crippen LogP contribution in [0, 0.1) is 5.92 Å². The van der Waals surface area contributed by atoms with Crippen LogP contribution < -0.4 is 4.74 Å². The maximum atomic E-state index is 5.57. The van der Waals surface area contributed by atoms with Gasteiger partial charge in [-0.15, -0.1) is 23.1 Å². The highest BCUT2D eigenvalue weighted by atomic mass is 32.2. The second-order valence-corrected chi connectivity index (χ2v) is 14.2. The van der Waals surface area contributed by atoms with Crippen molar-refractivity contribution in [2.45, 2.75) is 16.2 Å². The summed E-state index contributed by atoms with van der Waals surface area (Å²) in [6.45, 7) is 0. The van der Waals surface area contributed by atoms with Crippen molar-refractivity contribution in [2.24, 2.45) is 5.92 Å². The van der Waals surface area contributed by atoms with Crippen molar-refractivity contribution >= 4 is 34.0 Å². The normalized spacial score (nSPS) is 14.4. The predicted octanol–water partition coefficient (Wildman–Crippen LogP) is 10.5. The van der Waals surface area contributed by atoms with Crippen LogP contribution in [0.5, 0.6) is 5.75 Å². The molecule has 1 atom stereocenters. The van der Waals surface area contributed by atoms with Crippen molar-refractivity contribution in [2.75, 3.05) is 13.4 Å². The zero-order valence-corrected chi connectivity index (χ0v) is 28.9. The van der Waals surface area contributed by atoms with Crippen LogP contribution in [0.1, 0.15) is 17.5 Å². The number of ether oxygens (including phenoxy) is 1. The number of hydrogen-bond donors (Lipinski definition) is 0. The monoisotopic (exact) mass is 674 g/mol. The molecule has 7 aromatic rings. The Morgan fingerprint density at radius 1 is 0.796 bits per heavy atom. The van der Waals surface area contributed by atoms with E-state index in [9.17, 15) is 0 Å². The minimum Gasteiger partial charge on any atom is -0.497 e. The van der Waals surface area contributed by atoms with Gasteiger partial charge in [0, 0.05) is 28.6 Å². The average Bonchev–Trinajstić information content (AvgIpc) is 3.85. The van der Waals surface area contributed by atoms with Gasteiger partial charge in [0.05, 0.1) is 27.4 Å². The fourth-order valence-electron chi connectivity index (χ4n) is 7.01. The molecular formula is C42H34N4OS2. The lowest BCUT2D eigenvalue weighted by Crippen LogP contribution is -2.43. The number of nitrogens with zero attached hydrogens (tertiary/aromatic N) is 4. The quantitative estimate of drug-likeness (QED) is 0.143. The third-order valence-electron chi connectivity index (χ3n) is 9.35. The van der Waals surface area contributed by atoms with Crippen molar-refractivity contribution in [3.63, 3.8) is 0 Å². The fourth-order valence-corrected chi connectivity index (χ4v) is 8.56. The second kappa shape index (κ2) is 13.3. The molecule has 5 nitrogen and oxygen atoms in total. The Balaban J connectivity index is 1.41. The molecule has 7 heteroatoms. The number of thioether (sulfide) groups is 1. The van der Waals surface area contributed by atoms with Gasteiger partial charge in [-0.2, -0.15) is 5.10 Å². The maximum absolute atomic E-state index is 5.57.